The van der Waals surface area contributed by atoms with E-state index in [4.69, 9.17) is 0 Å². The molecule has 0 aromatic carbocycles. The molecule has 13 heavy (non-hydrogen) atoms. The minimum absolute atomic E-state index is 0.862. The van der Waals surface area contributed by atoms with Crippen LogP contribution in [0.5, 0.6) is 0 Å². The number of anilines is 1. The first-order valence-electron chi connectivity index (χ1n) is 4.61. The Labute approximate surface area is 86.9 Å². The lowest BCUT2D eigenvalue weighted by atomic mass is 10.3. The van der Waals surface area contributed by atoms with Gasteiger partial charge in [-0.05, 0) is 30.4 Å². The Morgan fingerprint density at radius 3 is 3.08 bits per heavy atom. The average Bonchev–Trinajstić information content (AvgIpc) is 2.79. The van der Waals surface area contributed by atoms with E-state index in [9.17, 15) is 0 Å². The molecule has 2 nitrogen and oxygen atoms in total. The molecule has 3 heteroatoms. The molecule has 0 saturated heterocycles. The number of rotatable bonds is 3. The van der Waals surface area contributed by atoms with Gasteiger partial charge in [-0.3, -0.25) is 0 Å². The van der Waals surface area contributed by atoms with Crippen LogP contribution in [0.15, 0.2) is 22.8 Å². The number of pyridine rings is 1. The second kappa shape index (κ2) is 3.66. The fraction of sp³-hybridized carbons (Fsp3) is 0.500. The zero-order valence-electron chi connectivity index (χ0n) is 7.63. The topological polar surface area (TPSA) is 24.9 Å². The van der Waals surface area contributed by atoms with Crippen LogP contribution in [0.4, 0.5) is 5.82 Å². The minimum atomic E-state index is 0.862. The van der Waals surface area contributed by atoms with Crippen LogP contribution in [-0.2, 0) is 0 Å². The summed E-state index contributed by atoms with van der Waals surface area (Å²) in [4.78, 5) is 4.22. The van der Waals surface area contributed by atoms with Crippen molar-refractivity contribution >= 4 is 21.7 Å². The highest BCUT2D eigenvalue weighted by Gasteiger charge is 2.31. The fourth-order valence-electron chi connectivity index (χ4n) is 1.42. The number of hydrogen-bond acceptors (Lipinski definition) is 2. The van der Waals surface area contributed by atoms with E-state index < -0.39 is 0 Å². The highest BCUT2D eigenvalue weighted by molar-refractivity contribution is 9.10. The van der Waals surface area contributed by atoms with Gasteiger partial charge in [0.2, 0.25) is 0 Å². The third kappa shape index (κ3) is 2.44. The maximum absolute atomic E-state index is 4.22. The van der Waals surface area contributed by atoms with Gasteiger partial charge >= 0.3 is 0 Å². The Bertz CT molecular complexity index is 301. The van der Waals surface area contributed by atoms with E-state index in [-0.39, 0.29) is 0 Å². The molecule has 1 aromatic heterocycles. The summed E-state index contributed by atoms with van der Waals surface area (Å²) in [6, 6.07) is 3.94. The van der Waals surface area contributed by atoms with Gasteiger partial charge in [0.15, 0.2) is 0 Å². The average molecular weight is 241 g/mol. The zero-order valence-corrected chi connectivity index (χ0v) is 9.21. The second-order valence-corrected chi connectivity index (χ2v) is 4.63. The van der Waals surface area contributed by atoms with Crippen LogP contribution in [0.3, 0.4) is 0 Å². The molecular weight excluding hydrogens is 228 g/mol. The Balaban J connectivity index is 1.87. The molecule has 1 aliphatic rings. The first-order valence-corrected chi connectivity index (χ1v) is 5.40. The number of hydrogen-bond donors (Lipinski definition) is 1. The molecular formula is C10H13BrN2. The summed E-state index contributed by atoms with van der Waals surface area (Å²) in [7, 11) is 0. The monoisotopic (exact) mass is 240 g/mol. The lowest BCUT2D eigenvalue weighted by Crippen LogP contribution is -2.05. The number of aromatic nitrogens is 1. The van der Waals surface area contributed by atoms with Crippen molar-refractivity contribution in [3.8, 4) is 0 Å². The van der Waals surface area contributed by atoms with Crippen molar-refractivity contribution in [2.24, 2.45) is 11.8 Å². The highest BCUT2D eigenvalue weighted by atomic mass is 79.9. The normalized spacial score (nSPS) is 25.7. The van der Waals surface area contributed by atoms with Gasteiger partial charge in [-0.2, -0.15) is 0 Å². The van der Waals surface area contributed by atoms with Gasteiger partial charge < -0.3 is 5.32 Å². The predicted molar refractivity (Wildman–Crippen MR) is 57.7 cm³/mol. The van der Waals surface area contributed by atoms with Crippen molar-refractivity contribution < 1.29 is 0 Å². The Morgan fingerprint density at radius 2 is 2.46 bits per heavy atom. The molecule has 1 heterocycles. The van der Waals surface area contributed by atoms with Crippen LogP contribution in [-0.4, -0.2) is 11.5 Å². The number of halogens is 1. The van der Waals surface area contributed by atoms with Crippen LogP contribution < -0.4 is 5.32 Å². The van der Waals surface area contributed by atoms with Crippen LogP contribution in [0.25, 0.3) is 0 Å². The van der Waals surface area contributed by atoms with E-state index >= 15 is 0 Å². The third-order valence-electron chi connectivity index (χ3n) is 2.54. The number of nitrogens with zero attached hydrogens (tertiary/aromatic N) is 1. The Morgan fingerprint density at radius 1 is 1.69 bits per heavy atom. The Kier molecular flexibility index (Phi) is 2.54. The van der Waals surface area contributed by atoms with Gasteiger partial charge in [-0.25, -0.2) is 4.98 Å². The molecule has 0 aliphatic heterocycles. The summed E-state index contributed by atoms with van der Waals surface area (Å²) >= 11 is 3.42. The summed E-state index contributed by atoms with van der Waals surface area (Å²) in [6.07, 6.45) is 3.17. The molecule has 1 aliphatic carbocycles. The van der Waals surface area contributed by atoms with Gasteiger partial charge in [-0.15, -0.1) is 0 Å². The molecule has 0 amide bonds. The molecule has 70 valence electrons. The van der Waals surface area contributed by atoms with E-state index in [0.29, 0.717) is 0 Å². The quantitative estimate of drug-likeness (QED) is 0.880. The third-order valence-corrected chi connectivity index (χ3v) is 3.04. The van der Waals surface area contributed by atoms with E-state index in [0.717, 1.165) is 28.7 Å². The summed E-state index contributed by atoms with van der Waals surface area (Å²) in [6.45, 7) is 3.35. The summed E-state index contributed by atoms with van der Waals surface area (Å²) in [5, 5.41) is 3.34. The van der Waals surface area contributed by atoms with E-state index in [1.165, 1.54) is 6.42 Å². The molecule has 2 atom stereocenters. The van der Waals surface area contributed by atoms with Crippen molar-refractivity contribution in [3.05, 3.63) is 22.8 Å². The van der Waals surface area contributed by atoms with Gasteiger partial charge in [0.05, 0.1) is 0 Å². The first-order chi connectivity index (χ1) is 6.25. The SMILES string of the molecule is CC1CC1CNc1cc(Br)ccn1. The maximum Gasteiger partial charge on any atom is 0.127 e. The second-order valence-electron chi connectivity index (χ2n) is 3.71. The summed E-state index contributed by atoms with van der Waals surface area (Å²) < 4.78 is 1.08. The molecule has 0 bridgehead atoms. The summed E-state index contributed by atoms with van der Waals surface area (Å²) in [5.41, 5.74) is 0. The Hall–Kier alpha value is -0.570. The van der Waals surface area contributed by atoms with Gasteiger partial charge in [0.1, 0.15) is 5.82 Å². The van der Waals surface area contributed by atoms with Crippen LogP contribution >= 0.6 is 15.9 Å². The van der Waals surface area contributed by atoms with E-state index in [1.54, 1.807) is 0 Å². The van der Waals surface area contributed by atoms with Crippen molar-refractivity contribution in [2.75, 3.05) is 11.9 Å². The smallest absolute Gasteiger partial charge is 0.127 e. The van der Waals surface area contributed by atoms with E-state index in [2.05, 4.69) is 33.2 Å². The fourth-order valence-corrected chi connectivity index (χ4v) is 1.76. The largest absolute Gasteiger partial charge is 0.370 e. The molecule has 1 N–H and O–H groups in total. The lowest BCUT2D eigenvalue weighted by molar-refractivity contribution is 0.784. The van der Waals surface area contributed by atoms with E-state index in [1.807, 2.05) is 18.3 Å². The minimum Gasteiger partial charge on any atom is -0.370 e. The highest BCUT2D eigenvalue weighted by Crippen LogP contribution is 2.37. The van der Waals surface area contributed by atoms with Gasteiger partial charge in [0, 0.05) is 17.2 Å². The molecule has 2 rings (SSSR count). The van der Waals surface area contributed by atoms with Gasteiger partial charge in [0.25, 0.3) is 0 Å². The van der Waals surface area contributed by atoms with Crippen LogP contribution in [0, 0.1) is 11.8 Å². The van der Waals surface area contributed by atoms with Gasteiger partial charge in [-0.1, -0.05) is 22.9 Å². The molecule has 0 radical (unpaired) electrons. The molecule has 1 fully saturated rings. The van der Waals surface area contributed by atoms with Crippen LogP contribution in [0.2, 0.25) is 0 Å². The standard InChI is InChI=1S/C10H13BrN2/c1-7-4-8(7)6-13-10-5-9(11)2-3-12-10/h2-3,5,7-8H,4,6H2,1H3,(H,12,13). The van der Waals surface area contributed by atoms with Crippen molar-refractivity contribution in [2.45, 2.75) is 13.3 Å². The number of nitrogens with one attached hydrogen (secondary N) is 1. The van der Waals surface area contributed by atoms with Crippen molar-refractivity contribution in [1.82, 2.24) is 4.98 Å². The summed E-state index contributed by atoms with van der Waals surface area (Å²) in [5.74, 6) is 2.73. The predicted octanol–water partition coefficient (Wildman–Crippen LogP) is 2.91. The first kappa shape index (κ1) is 9.00. The molecule has 1 aromatic rings. The molecule has 0 spiro atoms. The van der Waals surface area contributed by atoms with Crippen LogP contribution in [0.1, 0.15) is 13.3 Å². The zero-order chi connectivity index (χ0) is 9.26. The lowest BCUT2D eigenvalue weighted by Gasteiger charge is -2.03. The van der Waals surface area contributed by atoms with Crippen molar-refractivity contribution in [1.29, 1.82) is 0 Å². The van der Waals surface area contributed by atoms with Crippen molar-refractivity contribution in [3.63, 3.8) is 0 Å². The molecule has 1 saturated carbocycles. The maximum atomic E-state index is 4.22. The molecule has 2 unspecified atom stereocenters.